The van der Waals surface area contributed by atoms with Gasteiger partial charge in [0.05, 0.1) is 33.8 Å². The molecule has 0 aliphatic carbocycles. The molecule has 1 saturated heterocycles. The van der Waals surface area contributed by atoms with Gasteiger partial charge in [0.15, 0.2) is 0 Å². The van der Waals surface area contributed by atoms with Gasteiger partial charge in [0.1, 0.15) is 0 Å². The van der Waals surface area contributed by atoms with Crippen molar-refractivity contribution in [3.05, 3.63) is 83.9 Å². The van der Waals surface area contributed by atoms with Crippen molar-refractivity contribution in [2.45, 2.75) is 49.6 Å². The van der Waals surface area contributed by atoms with Gasteiger partial charge in [0.25, 0.3) is 10.0 Å². The van der Waals surface area contributed by atoms with Gasteiger partial charge < -0.3 is 4.90 Å². The van der Waals surface area contributed by atoms with Crippen LogP contribution in [0, 0.1) is 19.8 Å². The Hall–Kier alpha value is -2.88. The Morgan fingerprint density at radius 3 is 1.73 bits per heavy atom. The molecule has 7 nitrogen and oxygen atoms in total. The van der Waals surface area contributed by atoms with E-state index in [4.69, 9.17) is 0 Å². The highest BCUT2D eigenvalue weighted by molar-refractivity contribution is 7.92. The van der Waals surface area contributed by atoms with Crippen LogP contribution in [0.2, 0.25) is 0 Å². The fraction of sp³-hybridized carbons (Fsp3) is 0.357. The second-order valence-electron chi connectivity index (χ2n) is 10.3. The summed E-state index contributed by atoms with van der Waals surface area (Å²) in [6, 6.07) is 20.7. The normalized spacial score (nSPS) is 20.6. The lowest BCUT2D eigenvalue weighted by molar-refractivity contribution is 0.207. The van der Waals surface area contributed by atoms with E-state index in [1.807, 2.05) is 52.0 Å². The van der Waals surface area contributed by atoms with Crippen molar-refractivity contribution in [1.82, 2.24) is 4.31 Å². The summed E-state index contributed by atoms with van der Waals surface area (Å²) in [5.41, 5.74) is 3.40. The number of hydrogen-bond donors (Lipinski definition) is 0. The van der Waals surface area contributed by atoms with Crippen molar-refractivity contribution in [2.75, 3.05) is 28.8 Å². The molecule has 3 aromatic rings. The van der Waals surface area contributed by atoms with Crippen LogP contribution < -0.4 is 9.21 Å². The summed E-state index contributed by atoms with van der Waals surface area (Å²) in [7, 11) is -7.62. The van der Waals surface area contributed by atoms with Crippen LogP contribution in [0.15, 0.2) is 82.6 Å². The first-order valence-electron chi connectivity index (χ1n) is 12.5. The van der Waals surface area contributed by atoms with E-state index in [1.54, 1.807) is 52.8 Å². The number of nitrogens with zero attached hydrogens (tertiary/aromatic N) is 3. The van der Waals surface area contributed by atoms with Gasteiger partial charge in [-0.15, -0.1) is 0 Å². The summed E-state index contributed by atoms with van der Waals surface area (Å²) >= 11 is 0. The first kappa shape index (κ1) is 25.8. The Balaban J connectivity index is 1.57. The number of para-hydroxylation sites is 2. The van der Waals surface area contributed by atoms with Crippen molar-refractivity contribution < 1.29 is 16.8 Å². The zero-order valence-electron chi connectivity index (χ0n) is 21.6. The molecule has 3 aromatic carbocycles. The molecule has 0 radical (unpaired) electrons. The van der Waals surface area contributed by atoms with E-state index < -0.39 is 20.0 Å². The van der Waals surface area contributed by atoms with Gasteiger partial charge in [-0.3, -0.25) is 4.31 Å². The third kappa shape index (κ3) is 4.53. The molecule has 2 atom stereocenters. The average Bonchev–Trinajstić information content (AvgIpc) is 2.88. The first-order valence-corrected chi connectivity index (χ1v) is 15.4. The second-order valence-corrected chi connectivity index (χ2v) is 14.1. The van der Waals surface area contributed by atoms with Gasteiger partial charge in [-0.25, -0.2) is 16.8 Å². The number of hydrogen-bond acceptors (Lipinski definition) is 5. The highest BCUT2D eigenvalue weighted by atomic mass is 32.2. The minimum atomic E-state index is -3.84. The highest BCUT2D eigenvalue weighted by Crippen LogP contribution is 2.42. The number of sulfonamides is 2. The Morgan fingerprint density at radius 1 is 0.676 bits per heavy atom. The molecule has 2 aliphatic rings. The predicted octanol–water partition coefficient (Wildman–Crippen LogP) is 4.42. The molecule has 5 rings (SSSR count). The lowest BCUT2D eigenvalue weighted by atomic mass is 9.97. The van der Waals surface area contributed by atoms with Crippen molar-refractivity contribution in [3.63, 3.8) is 0 Å². The maximum absolute atomic E-state index is 13.8. The fourth-order valence-electron chi connectivity index (χ4n) is 5.27. The third-order valence-electron chi connectivity index (χ3n) is 7.43. The Kier molecular flexibility index (Phi) is 6.58. The van der Waals surface area contributed by atoms with Crippen LogP contribution in [-0.2, 0) is 20.0 Å². The molecule has 0 bridgehead atoms. The van der Waals surface area contributed by atoms with E-state index in [0.29, 0.717) is 12.2 Å². The molecule has 2 heterocycles. The predicted molar refractivity (Wildman–Crippen MR) is 147 cm³/mol. The molecule has 0 aromatic heterocycles. The van der Waals surface area contributed by atoms with E-state index in [9.17, 15) is 16.8 Å². The molecule has 0 N–H and O–H groups in total. The molecular formula is C28H33N3O4S2. The largest absolute Gasteiger partial charge is 0.362 e. The van der Waals surface area contributed by atoms with Crippen LogP contribution in [0.3, 0.4) is 0 Å². The van der Waals surface area contributed by atoms with Crippen LogP contribution in [0.4, 0.5) is 11.4 Å². The lowest BCUT2D eigenvalue weighted by Gasteiger charge is -2.52. The summed E-state index contributed by atoms with van der Waals surface area (Å²) in [6.07, 6.45) is 0. The van der Waals surface area contributed by atoms with Gasteiger partial charge in [-0.2, -0.15) is 4.31 Å². The van der Waals surface area contributed by atoms with Gasteiger partial charge in [-0.05, 0) is 56.2 Å². The molecule has 0 saturated carbocycles. The third-order valence-corrected chi connectivity index (χ3v) is 11.1. The van der Waals surface area contributed by atoms with Crippen LogP contribution in [0.1, 0.15) is 25.0 Å². The fourth-order valence-corrected chi connectivity index (χ4v) is 8.57. The minimum absolute atomic E-state index is 0.0719. The second kappa shape index (κ2) is 9.45. The summed E-state index contributed by atoms with van der Waals surface area (Å²) < 4.78 is 58.3. The molecule has 0 unspecified atom stereocenters. The molecule has 1 fully saturated rings. The summed E-state index contributed by atoms with van der Waals surface area (Å²) in [5.74, 6) is 0.0719. The monoisotopic (exact) mass is 539 g/mol. The molecule has 37 heavy (non-hydrogen) atoms. The van der Waals surface area contributed by atoms with E-state index in [2.05, 4.69) is 4.90 Å². The van der Waals surface area contributed by atoms with Crippen molar-refractivity contribution >= 4 is 31.4 Å². The van der Waals surface area contributed by atoms with E-state index in [-0.39, 0.29) is 40.9 Å². The van der Waals surface area contributed by atoms with Gasteiger partial charge in [-0.1, -0.05) is 61.4 Å². The van der Waals surface area contributed by atoms with Crippen molar-refractivity contribution in [1.29, 1.82) is 0 Å². The van der Waals surface area contributed by atoms with Crippen LogP contribution in [-0.4, -0.2) is 52.9 Å². The van der Waals surface area contributed by atoms with Crippen LogP contribution in [0.5, 0.6) is 0 Å². The maximum Gasteiger partial charge on any atom is 0.264 e. The van der Waals surface area contributed by atoms with E-state index in [0.717, 1.165) is 16.8 Å². The van der Waals surface area contributed by atoms with Crippen LogP contribution >= 0.6 is 0 Å². The summed E-state index contributed by atoms with van der Waals surface area (Å²) in [4.78, 5) is 2.68. The SMILES string of the molecule is Cc1ccc(S(=O)(=O)N2C[C@H]3CN(S(=O)(=O)c4ccc(C)cc4)[C@@H](C(C)C)CN3c3ccccc32)cc1. The molecule has 9 heteroatoms. The summed E-state index contributed by atoms with van der Waals surface area (Å²) in [5, 5.41) is 0. The zero-order valence-corrected chi connectivity index (χ0v) is 23.2. The maximum atomic E-state index is 13.8. The van der Waals surface area contributed by atoms with Crippen LogP contribution in [0.25, 0.3) is 0 Å². The van der Waals surface area contributed by atoms with Gasteiger partial charge >= 0.3 is 0 Å². The topological polar surface area (TPSA) is 78.0 Å². The Morgan fingerprint density at radius 2 is 1.19 bits per heavy atom. The average molecular weight is 540 g/mol. The van der Waals surface area contributed by atoms with E-state index in [1.165, 1.54) is 4.31 Å². The first-order chi connectivity index (χ1) is 17.5. The van der Waals surface area contributed by atoms with Crippen molar-refractivity contribution in [2.24, 2.45) is 5.92 Å². The number of benzene rings is 3. The summed E-state index contributed by atoms with van der Waals surface area (Å²) in [6.45, 7) is 8.77. The molecule has 0 amide bonds. The Bertz CT molecular complexity index is 1500. The zero-order chi connectivity index (χ0) is 26.5. The minimum Gasteiger partial charge on any atom is -0.362 e. The van der Waals surface area contributed by atoms with Crippen molar-refractivity contribution in [3.8, 4) is 0 Å². The molecule has 2 aliphatic heterocycles. The number of fused-ring (bicyclic) bond motifs is 3. The Labute approximate surface area is 220 Å². The quantitative estimate of drug-likeness (QED) is 0.480. The lowest BCUT2D eigenvalue weighted by Crippen LogP contribution is -2.65. The number of aryl methyl sites for hydroxylation is 2. The molecule has 0 spiro atoms. The number of piperazine rings is 1. The van der Waals surface area contributed by atoms with Gasteiger partial charge in [0, 0.05) is 19.1 Å². The highest BCUT2D eigenvalue weighted by Gasteiger charge is 2.46. The smallest absolute Gasteiger partial charge is 0.264 e. The molecule has 196 valence electrons. The standard InChI is InChI=1S/C28H33N3O4S2/c1-20(2)28-19-29-23(18-31(28)37(34,35)25-15-11-22(4)12-16-25)17-30(27-8-6-5-7-26(27)29)36(32,33)24-13-9-21(3)10-14-24/h5-16,20,23,28H,17-19H2,1-4H3/t23-,28+/m0/s1. The number of anilines is 2. The van der Waals surface area contributed by atoms with Gasteiger partial charge in [0.2, 0.25) is 10.0 Å². The molecular weight excluding hydrogens is 506 g/mol. The van der Waals surface area contributed by atoms with E-state index >= 15 is 0 Å². The number of rotatable bonds is 5.